The van der Waals surface area contributed by atoms with Crippen LogP contribution in [0.3, 0.4) is 0 Å². The molecule has 1 heterocycles. The molecule has 2 N–H and O–H groups in total. The Morgan fingerprint density at radius 1 is 1.23 bits per heavy atom. The number of hydrogen-bond donors (Lipinski definition) is 1. The van der Waals surface area contributed by atoms with Crippen LogP contribution in [0.2, 0.25) is 0 Å². The quantitative estimate of drug-likeness (QED) is 0.861. The second-order valence-corrected chi connectivity index (χ2v) is 12.2. The molecule has 1 aliphatic heterocycles. The molecule has 22 heavy (non-hydrogen) atoms. The first-order chi connectivity index (χ1) is 9.77. The molecule has 0 saturated carbocycles. The van der Waals surface area contributed by atoms with Crippen LogP contribution in [0.25, 0.3) is 0 Å². The molecule has 0 aromatic carbocycles. The van der Waals surface area contributed by atoms with Gasteiger partial charge in [0.25, 0.3) is 0 Å². The lowest BCUT2D eigenvalue weighted by Crippen LogP contribution is -2.43. The van der Waals surface area contributed by atoms with Gasteiger partial charge in [0.15, 0.2) is 0 Å². The molecule has 1 fully saturated rings. The van der Waals surface area contributed by atoms with Gasteiger partial charge in [0.2, 0.25) is 0 Å². The van der Waals surface area contributed by atoms with Crippen molar-refractivity contribution in [3.8, 4) is 0 Å². The molecule has 1 amide bonds. The number of ether oxygens (including phenoxy) is 1. The van der Waals surface area contributed by atoms with E-state index in [1.54, 1.807) is 4.90 Å². The summed E-state index contributed by atoms with van der Waals surface area (Å²) in [5.74, 6) is 0. The van der Waals surface area contributed by atoms with E-state index in [9.17, 15) is 4.79 Å². The number of nitrogens with two attached hydrogens (primary N) is 1. The fourth-order valence-electron chi connectivity index (χ4n) is 2.20. The maximum atomic E-state index is 12.3. The van der Waals surface area contributed by atoms with E-state index in [0.717, 1.165) is 6.42 Å². The van der Waals surface area contributed by atoms with Crippen LogP contribution in [0.1, 0.15) is 48.0 Å². The van der Waals surface area contributed by atoms with Crippen LogP contribution in [0.4, 0.5) is 4.79 Å². The van der Waals surface area contributed by atoms with Crippen molar-refractivity contribution in [3.05, 3.63) is 0 Å². The van der Waals surface area contributed by atoms with Crippen LogP contribution in [0.15, 0.2) is 0 Å². The molecule has 5 nitrogen and oxygen atoms in total. The molecule has 1 rings (SSSR count). The molecule has 0 aromatic rings. The summed E-state index contributed by atoms with van der Waals surface area (Å²) in [6.07, 6.45) is 4.88. The van der Waals surface area contributed by atoms with Gasteiger partial charge in [-0.05, 0) is 39.7 Å². The summed E-state index contributed by atoms with van der Waals surface area (Å²) in [7, 11) is -1.22. The SMILES string of the molecule is CC(C)(C)OC(=O)N1CC(OS(C)(C)C(C)(C)C)C[C@H]1CN. The highest BCUT2D eigenvalue weighted by atomic mass is 32.3. The number of carbonyl (C=O) groups excluding carboxylic acids is 1. The highest BCUT2D eigenvalue weighted by Crippen LogP contribution is 2.55. The van der Waals surface area contributed by atoms with Crippen LogP contribution in [0.5, 0.6) is 0 Å². The minimum atomic E-state index is -1.22. The monoisotopic (exact) mass is 334 g/mol. The van der Waals surface area contributed by atoms with E-state index in [0.29, 0.717) is 13.1 Å². The first kappa shape index (κ1) is 19.6. The van der Waals surface area contributed by atoms with Crippen molar-refractivity contribution in [1.82, 2.24) is 4.90 Å². The number of likely N-dealkylation sites (tertiary alicyclic amines) is 1. The lowest BCUT2D eigenvalue weighted by atomic mass is 10.2. The van der Waals surface area contributed by atoms with Gasteiger partial charge < -0.3 is 19.6 Å². The van der Waals surface area contributed by atoms with E-state index >= 15 is 0 Å². The van der Waals surface area contributed by atoms with Crippen molar-refractivity contribution in [3.63, 3.8) is 0 Å². The third-order valence-electron chi connectivity index (χ3n) is 4.13. The molecular weight excluding hydrogens is 300 g/mol. The molecule has 1 aliphatic rings. The van der Waals surface area contributed by atoms with Crippen molar-refractivity contribution < 1.29 is 13.7 Å². The van der Waals surface area contributed by atoms with Crippen LogP contribution in [-0.4, -0.2) is 59.1 Å². The van der Waals surface area contributed by atoms with E-state index < -0.39 is 15.9 Å². The van der Waals surface area contributed by atoms with E-state index in [1.807, 2.05) is 20.8 Å². The number of rotatable bonds is 3. The fraction of sp³-hybridized carbons (Fsp3) is 0.938. The van der Waals surface area contributed by atoms with Crippen LogP contribution < -0.4 is 5.73 Å². The highest BCUT2D eigenvalue weighted by molar-refractivity contribution is 8.29. The Morgan fingerprint density at radius 2 is 1.77 bits per heavy atom. The molecule has 0 radical (unpaired) electrons. The van der Waals surface area contributed by atoms with Gasteiger partial charge in [-0.3, -0.25) is 0 Å². The summed E-state index contributed by atoms with van der Waals surface area (Å²) >= 11 is 0. The highest BCUT2D eigenvalue weighted by Gasteiger charge is 2.40. The fourth-order valence-corrected chi connectivity index (χ4v) is 3.30. The summed E-state index contributed by atoms with van der Waals surface area (Å²) in [5, 5.41) is 0. The smallest absolute Gasteiger partial charge is 0.410 e. The largest absolute Gasteiger partial charge is 0.444 e. The summed E-state index contributed by atoms with van der Waals surface area (Å²) in [5.41, 5.74) is 5.34. The lowest BCUT2D eigenvalue weighted by Gasteiger charge is -2.45. The third-order valence-corrected chi connectivity index (χ3v) is 7.83. The van der Waals surface area contributed by atoms with Gasteiger partial charge in [-0.1, -0.05) is 20.8 Å². The number of hydrogen-bond acceptors (Lipinski definition) is 4. The zero-order valence-electron chi connectivity index (χ0n) is 15.4. The summed E-state index contributed by atoms with van der Waals surface area (Å²) in [6.45, 7) is 13.2. The topological polar surface area (TPSA) is 64.8 Å². The Hall–Kier alpha value is -0.460. The Kier molecular flexibility index (Phi) is 5.85. The average molecular weight is 335 g/mol. The average Bonchev–Trinajstić information content (AvgIpc) is 2.67. The van der Waals surface area contributed by atoms with E-state index in [2.05, 4.69) is 33.3 Å². The van der Waals surface area contributed by atoms with Crippen LogP contribution in [0, 0.1) is 0 Å². The molecule has 132 valence electrons. The second-order valence-electron chi connectivity index (χ2n) is 8.32. The summed E-state index contributed by atoms with van der Waals surface area (Å²) in [6, 6.07) is -0.00461. The number of amides is 1. The van der Waals surface area contributed by atoms with Gasteiger partial charge in [0.05, 0.1) is 12.6 Å². The van der Waals surface area contributed by atoms with Crippen molar-refractivity contribution >= 4 is 16.4 Å². The second kappa shape index (κ2) is 6.57. The molecule has 0 aliphatic carbocycles. The number of carbonyl (C=O) groups is 1. The Morgan fingerprint density at radius 3 is 2.18 bits per heavy atom. The van der Waals surface area contributed by atoms with Gasteiger partial charge in [-0.2, -0.15) is 0 Å². The summed E-state index contributed by atoms with van der Waals surface area (Å²) in [4.78, 5) is 14.1. The van der Waals surface area contributed by atoms with Gasteiger partial charge in [-0.25, -0.2) is 4.79 Å². The number of nitrogens with zero attached hydrogens (tertiary/aromatic N) is 1. The first-order valence-corrected chi connectivity index (χ1v) is 10.2. The molecule has 1 unspecified atom stereocenters. The molecule has 0 spiro atoms. The van der Waals surface area contributed by atoms with Crippen LogP contribution in [-0.2, 0) is 8.92 Å². The predicted octanol–water partition coefficient (Wildman–Crippen LogP) is 3.12. The molecule has 0 bridgehead atoms. The molecule has 0 aromatic heterocycles. The summed E-state index contributed by atoms with van der Waals surface area (Å²) < 4.78 is 12.0. The van der Waals surface area contributed by atoms with Gasteiger partial charge in [0.1, 0.15) is 5.60 Å². The Balaban J connectivity index is 2.75. The molecule has 1 saturated heterocycles. The normalized spacial score (nSPS) is 24.5. The minimum Gasteiger partial charge on any atom is -0.444 e. The molecule has 2 atom stereocenters. The van der Waals surface area contributed by atoms with E-state index in [1.165, 1.54) is 0 Å². The van der Waals surface area contributed by atoms with Crippen molar-refractivity contribution in [1.29, 1.82) is 0 Å². The maximum Gasteiger partial charge on any atom is 0.410 e. The van der Waals surface area contributed by atoms with Gasteiger partial charge in [0, 0.05) is 17.3 Å². The van der Waals surface area contributed by atoms with Crippen molar-refractivity contribution in [2.24, 2.45) is 5.73 Å². The Bertz CT molecular complexity index is 399. The van der Waals surface area contributed by atoms with E-state index in [-0.39, 0.29) is 23.0 Å². The lowest BCUT2D eigenvalue weighted by molar-refractivity contribution is 0.0219. The zero-order chi connectivity index (χ0) is 17.3. The zero-order valence-corrected chi connectivity index (χ0v) is 16.3. The predicted molar refractivity (Wildman–Crippen MR) is 94.5 cm³/mol. The van der Waals surface area contributed by atoms with Gasteiger partial charge >= 0.3 is 6.09 Å². The third kappa shape index (κ3) is 5.03. The standard InChI is InChI=1S/C16H34N2O3S/c1-15(2,3)20-14(19)18-11-13(9-12(18)10-17)21-22(7,8)16(4,5)6/h12-13H,9-11,17H2,1-8H3/t12-,13?/m0/s1. The van der Waals surface area contributed by atoms with E-state index in [4.69, 9.17) is 14.7 Å². The Labute approximate surface area is 137 Å². The maximum absolute atomic E-state index is 12.3. The molecular formula is C16H34N2O3S. The molecule has 6 heteroatoms. The first-order valence-electron chi connectivity index (χ1n) is 7.87. The van der Waals surface area contributed by atoms with Crippen LogP contribution >= 0.6 is 10.3 Å². The minimum absolute atomic E-state index is 0.00461. The van der Waals surface area contributed by atoms with Crippen molar-refractivity contribution in [2.45, 2.75) is 70.5 Å². The van der Waals surface area contributed by atoms with Crippen molar-refractivity contribution in [2.75, 3.05) is 25.6 Å². The van der Waals surface area contributed by atoms with Gasteiger partial charge in [-0.15, -0.1) is 10.3 Å².